The van der Waals surface area contributed by atoms with Gasteiger partial charge >= 0.3 is 0 Å². The summed E-state index contributed by atoms with van der Waals surface area (Å²) >= 11 is 0. The highest BCUT2D eigenvalue weighted by molar-refractivity contribution is 7.92. The first kappa shape index (κ1) is 18.2. The number of Topliss-reactive ketones (excluding diaryl/α,β-unsaturated/α-hetero) is 1. The molecule has 1 atom stereocenters. The Bertz CT molecular complexity index is 638. The van der Waals surface area contributed by atoms with Gasteiger partial charge in [-0.2, -0.15) is 0 Å². The van der Waals surface area contributed by atoms with Gasteiger partial charge in [0.15, 0.2) is 5.78 Å². The summed E-state index contributed by atoms with van der Waals surface area (Å²) < 4.78 is 24.9. The van der Waals surface area contributed by atoms with Gasteiger partial charge in [-0.3, -0.25) is 13.9 Å². The van der Waals surface area contributed by atoms with Crippen LogP contribution in [0.4, 0.5) is 5.69 Å². The summed E-state index contributed by atoms with van der Waals surface area (Å²) in [4.78, 5) is 23.2. The fourth-order valence-electron chi connectivity index (χ4n) is 1.82. The van der Waals surface area contributed by atoms with Gasteiger partial charge in [0.2, 0.25) is 15.9 Å². The molecule has 1 amide bonds. The molecule has 0 fully saturated rings. The van der Waals surface area contributed by atoms with Gasteiger partial charge in [0.05, 0.1) is 11.9 Å². The van der Waals surface area contributed by atoms with Gasteiger partial charge in [-0.1, -0.05) is 6.92 Å². The third-order valence-corrected chi connectivity index (χ3v) is 4.41. The molecule has 0 bridgehead atoms. The van der Waals surface area contributed by atoms with Gasteiger partial charge < -0.3 is 5.32 Å². The van der Waals surface area contributed by atoms with Gasteiger partial charge in [0, 0.05) is 11.6 Å². The van der Waals surface area contributed by atoms with E-state index < -0.39 is 10.0 Å². The number of nitrogens with zero attached hydrogens (tertiary/aromatic N) is 1. The maximum Gasteiger partial charge on any atom is 0.240 e. The topological polar surface area (TPSA) is 83.6 Å². The Balaban J connectivity index is 2.99. The number of nitrogens with one attached hydrogen (secondary N) is 1. The first-order chi connectivity index (χ1) is 10.1. The van der Waals surface area contributed by atoms with E-state index in [-0.39, 0.29) is 24.3 Å². The fourth-order valence-corrected chi connectivity index (χ4v) is 2.67. The summed E-state index contributed by atoms with van der Waals surface area (Å²) in [6.07, 6.45) is 1.81. The minimum Gasteiger partial charge on any atom is -0.352 e. The van der Waals surface area contributed by atoms with Crippen LogP contribution in [0.1, 0.15) is 37.6 Å². The zero-order chi connectivity index (χ0) is 16.9. The monoisotopic (exact) mass is 326 g/mol. The first-order valence-corrected chi connectivity index (χ1v) is 8.88. The predicted molar refractivity (Wildman–Crippen MR) is 86.5 cm³/mol. The smallest absolute Gasteiger partial charge is 0.240 e. The highest BCUT2D eigenvalue weighted by Crippen LogP contribution is 2.18. The van der Waals surface area contributed by atoms with Crippen LogP contribution in [0.15, 0.2) is 24.3 Å². The summed E-state index contributed by atoms with van der Waals surface area (Å²) in [5, 5.41) is 2.73. The van der Waals surface area contributed by atoms with Crippen molar-refractivity contribution in [2.75, 3.05) is 17.1 Å². The Morgan fingerprint density at radius 2 is 1.77 bits per heavy atom. The van der Waals surface area contributed by atoms with Crippen LogP contribution in [-0.2, 0) is 14.8 Å². The van der Waals surface area contributed by atoms with Crippen LogP contribution in [0.3, 0.4) is 0 Å². The van der Waals surface area contributed by atoms with Crippen LogP contribution < -0.4 is 9.62 Å². The molecule has 0 aromatic heterocycles. The number of carbonyl (C=O) groups excluding carboxylic acids is 2. The summed E-state index contributed by atoms with van der Waals surface area (Å²) in [7, 11) is -3.60. The summed E-state index contributed by atoms with van der Waals surface area (Å²) in [5.41, 5.74) is 0.841. The number of hydrogen-bond donors (Lipinski definition) is 1. The normalized spacial score (nSPS) is 12.5. The number of sulfonamides is 1. The van der Waals surface area contributed by atoms with E-state index >= 15 is 0 Å². The molecule has 22 heavy (non-hydrogen) atoms. The Morgan fingerprint density at radius 3 is 2.18 bits per heavy atom. The molecule has 122 valence electrons. The van der Waals surface area contributed by atoms with Crippen LogP contribution in [0.25, 0.3) is 0 Å². The van der Waals surface area contributed by atoms with E-state index in [9.17, 15) is 18.0 Å². The van der Waals surface area contributed by atoms with Crippen molar-refractivity contribution in [2.45, 2.75) is 33.2 Å². The third kappa shape index (κ3) is 5.14. The van der Waals surface area contributed by atoms with Crippen LogP contribution >= 0.6 is 0 Å². The molecule has 6 nitrogen and oxygen atoms in total. The molecule has 0 radical (unpaired) electrons. The van der Waals surface area contributed by atoms with Gasteiger partial charge in [-0.05, 0) is 44.5 Å². The molecule has 0 aliphatic heterocycles. The summed E-state index contributed by atoms with van der Waals surface area (Å²) in [6.45, 7) is 4.93. The molecule has 0 aliphatic rings. The maximum absolute atomic E-state index is 11.9. The maximum atomic E-state index is 11.9. The van der Waals surface area contributed by atoms with Crippen LogP contribution in [-0.4, -0.2) is 39.0 Å². The van der Waals surface area contributed by atoms with Crippen molar-refractivity contribution in [3.8, 4) is 0 Å². The van der Waals surface area contributed by atoms with Crippen molar-refractivity contribution in [3.05, 3.63) is 29.8 Å². The molecule has 1 unspecified atom stereocenters. The fraction of sp³-hybridized carbons (Fsp3) is 0.467. The number of rotatable bonds is 7. The summed E-state index contributed by atoms with van der Waals surface area (Å²) in [6, 6.07) is 6.11. The number of ketones is 1. The molecule has 0 aliphatic carbocycles. The van der Waals surface area contributed by atoms with Crippen molar-refractivity contribution in [3.63, 3.8) is 0 Å². The highest BCUT2D eigenvalue weighted by Gasteiger charge is 2.21. The van der Waals surface area contributed by atoms with Gasteiger partial charge in [-0.15, -0.1) is 0 Å². The van der Waals surface area contributed by atoms with E-state index in [4.69, 9.17) is 0 Å². The Morgan fingerprint density at radius 1 is 1.23 bits per heavy atom. The van der Waals surface area contributed by atoms with Gasteiger partial charge in [0.1, 0.15) is 6.54 Å². The number of anilines is 1. The molecular weight excluding hydrogens is 304 g/mol. The second-order valence-electron chi connectivity index (χ2n) is 5.25. The molecule has 1 N–H and O–H groups in total. The largest absolute Gasteiger partial charge is 0.352 e. The number of carbonyl (C=O) groups is 2. The van der Waals surface area contributed by atoms with E-state index in [1.807, 2.05) is 13.8 Å². The lowest BCUT2D eigenvalue weighted by Crippen LogP contribution is -2.43. The molecule has 0 saturated carbocycles. The second-order valence-corrected chi connectivity index (χ2v) is 7.16. The van der Waals surface area contributed by atoms with Crippen molar-refractivity contribution in [1.29, 1.82) is 0 Å². The van der Waals surface area contributed by atoms with Crippen LogP contribution in [0.2, 0.25) is 0 Å². The average Bonchev–Trinajstić information content (AvgIpc) is 2.43. The molecule has 7 heteroatoms. The quantitative estimate of drug-likeness (QED) is 0.771. The number of benzene rings is 1. The average molecular weight is 326 g/mol. The lowest BCUT2D eigenvalue weighted by atomic mass is 10.1. The van der Waals surface area contributed by atoms with Crippen molar-refractivity contribution in [2.24, 2.45) is 0 Å². The molecule has 0 heterocycles. The van der Waals surface area contributed by atoms with E-state index in [2.05, 4.69) is 5.32 Å². The van der Waals surface area contributed by atoms with Crippen LogP contribution in [0.5, 0.6) is 0 Å². The highest BCUT2D eigenvalue weighted by atomic mass is 32.2. The Hall–Kier alpha value is -1.89. The zero-order valence-electron chi connectivity index (χ0n) is 13.3. The van der Waals surface area contributed by atoms with E-state index in [1.54, 1.807) is 12.1 Å². The van der Waals surface area contributed by atoms with Gasteiger partial charge in [0.25, 0.3) is 0 Å². The molecule has 1 aromatic carbocycles. The minimum atomic E-state index is -3.60. The van der Waals surface area contributed by atoms with E-state index in [0.29, 0.717) is 11.3 Å². The molecular formula is C15H22N2O4S. The molecule has 1 aromatic rings. The van der Waals surface area contributed by atoms with Crippen molar-refractivity contribution >= 4 is 27.4 Å². The Labute approximate surface area is 131 Å². The number of amides is 1. The lowest BCUT2D eigenvalue weighted by Gasteiger charge is -2.23. The number of hydrogen-bond acceptors (Lipinski definition) is 4. The molecule has 0 spiro atoms. The standard InChI is InChI=1S/C15H22N2O4S/c1-5-11(2)16-15(19)10-17(22(4,20)21)14-8-6-13(7-9-14)12(3)18/h6-9,11H,5,10H2,1-4H3,(H,16,19). The van der Waals surface area contributed by atoms with Gasteiger partial charge in [-0.25, -0.2) is 8.42 Å². The third-order valence-electron chi connectivity index (χ3n) is 3.27. The lowest BCUT2D eigenvalue weighted by molar-refractivity contribution is -0.120. The summed E-state index contributed by atoms with van der Waals surface area (Å²) in [5.74, 6) is -0.470. The van der Waals surface area contributed by atoms with Crippen molar-refractivity contribution < 1.29 is 18.0 Å². The van der Waals surface area contributed by atoms with Crippen molar-refractivity contribution in [1.82, 2.24) is 5.32 Å². The predicted octanol–water partition coefficient (Wildman–Crippen LogP) is 1.57. The van der Waals surface area contributed by atoms with E-state index in [0.717, 1.165) is 17.0 Å². The SMILES string of the molecule is CCC(C)NC(=O)CN(c1ccc(C(C)=O)cc1)S(C)(=O)=O. The first-order valence-electron chi connectivity index (χ1n) is 7.03. The van der Waals surface area contributed by atoms with Crippen LogP contribution in [0, 0.1) is 0 Å². The zero-order valence-corrected chi connectivity index (χ0v) is 14.1. The Kier molecular flexibility index (Phi) is 6.11. The molecule has 0 saturated heterocycles. The minimum absolute atomic E-state index is 0.0194. The van der Waals surface area contributed by atoms with E-state index in [1.165, 1.54) is 19.1 Å². The second kappa shape index (κ2) is 7.40. The molecule has 1 rings (SSSR count).